The molecule has 0 aliphatic heterocycles. The summed E-state index contributed by atoms with van der Waals surface area (Å²) < 4.78 is 18.3. The molecule has 0 aliphatic carbocycles. The van der Waals surface area contributed by atoms with Crippen molar-refractivity contribution in [3.63, 3.8) is 0 Å². The number of hydroxylamine groups is 1. The lowest BCUT2D eigenvalue weighted by atomic mass is 10.2. The molecule has 3 N–H and O–H groups in total. The second kappa shape index (κ2) is 11.6. The third kappa shape index (κ3) is 5.45. The van der Waals surface area contributed by atoms with Crippen molar-refractivity contribution in [3.8, 4) is 11.5 Å². The van der Waals surface area contributed by atoms with Gasteiger partial charge in [0.05, 0.1) is 25.0 Å². The summed E-state index contributed by atoms with van der Waals surface area (Å²) in [5, 5.41) is 13.5. The minimum atomic E-state index is -0.819. The Kier molecular flexibility index (Phi) is 7.77. The van der Waals surface area contributed by atoms with Gasteiger partial charge in [-0.25, -0.2) is 33.8 Å². The molecule has 2 amide bonds. The highest BCUT2D eigenvalue weighted by Crippen LogP contribution is 2.22. The summed E-state index contributed by atoms with van der Waals surface area (Å²) in [7, 11) is 4.92. The van der Waals surface area contributed by atoms with E-state index < -0.39 is 28.7 Å². The van der Waals surface area contributed by atoms with Crippen molar-refractivity contribution in [2.75, 3.05) is 26.5 Å². The summed E-state index contributed by atoms with van der Waals surface area (Å²) in [6.07, 6.45) is 0. The molecule has 15 heteroatoms. The van der Waals surface area contributed by atoms with E-state index in [-0.39, 0.29) is 35.5 Å². The molecule has 3 heterocycles. The highest BCUT2D eigenvalue weighted by molar-refractivity contribution is 5.88. The number of aromatic amines is 1. The Morgan fingerprint density at radius 2 is 1.79 bits per heavy atom. The number of rotatable bonds is 8. The number of urea groups is 1. The van der Waals surface area contributed by atoms with Crippen molar-refractivity contribution in [1.29, 1.82) is 0 Å². The first-order valence-electron chi connectivity index (χ1n) is 12.6. The van der Waals surface area contributed by atoms with Crippen LogP contribution in [-0.4, -0.2) is 61.2 Å². The first-order valence-corrected chi connectivity index (χ1v) is 12.6. The number of hydrogen-bond donors (Lipinski definition) is 3. The summed E-state index contributed by atoms with van der Waals surface area (Å²) in [4.78, 5) is 57.7. The maximum absolute atomic E-state index is 14.7. The Hall–Kier alpha value is -5.41. The number of aromatic nitrogens is 6. The lowest BCUT2D eigenvalue weighted by molar-refractivity contribution is 0.114. The van der Waals surface area contributed by atoms with Gasteiger partial charge in [0.25, 0.3) is 11.1 Å². The van der Waals surface area contributed by atoms with E-state index in [1.165, 1.54) is 40.6 Å². The Morgan fingerprint density at radius 1 is 1.05 bits per heavy atom. The lowest BCUT2D eigenvalue weighted by Crippen LogP contribution is -2.40. The van der Waals surface area contributed by atoms with Gasteiger partial charge in [0, 0.05) is 23.9 Å². The second-order valence-electron chi connectivity index (χ2n) is 9.48. The van der Waals surface area contributed by atoms with E-state index in [0.717, 1.165) is 10.6 Å². The van der Waals surface area contributed by atoms with Crippen LogP contribution in [0.5, 0.6) is 0 Å². The van der Waals surface area contributed by atoms with Crippen LogP contribution in [0.15, 0.2) is 75.0 Å². The molecule has 5 rings (SSSR count). The summed E-state index contributed by atoms with van der Waals surface area (Å²) in [5.41, 5.74) is 1.78. The zero-order chi connectivity index (χ0) is 30.0. The predicted molar refractivity (Wildman–Crippen MR) is 151 cm³/mol. The van der Waals surface area contributed by atoms with E-state index in [1.54, 1.807) is 30.3 Å². The van der Waals surface area contributed by atoms with Crippen molar-refractivity contribution in [3.05, 3.63) is 109 Å². The molecule has 5 aromatic rings. The van der Waals surface area contributed by atoms with Crippen LogP contribution in [0.2, 0.25) is 0 Å². The Labute approximate surface area is 236 Å². The predicted octanol–water partition coefficient (Wildman–Crippen LogP) is 1.35. The number of nitrogens with zero attached hydrogens (tertiary/aromatic N) is 6. The van der Waals surface area contributed by atoms with Gasteiger partial charge in [-0.1, -0.05) is 18.2 Å². The van der Waals surface area contributed by atoms with Gasteiger partial charge in [0.2, 0.25) is 0 Å². The minimum Gasteiger partial charge on any atom is -0.306 e. The SMILES string of the molecule is CONC(=O)Nc1ccc(-n2nc3c(c2CN(C)C)c(=O)n(-c2ccc(=O)[nH]n2)c(=O)n3Cc2ccccc2F)cc1. The number of benzene rings is 2. The van der Waals surface area contributed by atoms with Gasteiger partial charge in [-0.05, 0) is 50.5 Å². The van der Waals surface area contributed by atoms with Gasteiger partial charge in [-0.3, -0.25) is 19.0 Å². The average Bonchev–Trinajstić information content (AvgIpc) is 3.32. The number of carbonyl (C=O) groups is 1. The number of anilines is 1. The molecular weight excluding hydrogens is 549 g/mol. The topological polar surface area (TPSA) is 161 Å². The van der Waals surface area contributed by atoms with Gasteiger partial charge in [0.15, 0.2) is 11.5 Å². The fourth-order valence-electron chi connectivity index (χ4n) is 4.46. The third-order valence-corrected chi connectivity index (χ3v) is 6.27. The summed E-state index contributed by atoms with van der Waals surface area (Å²) in [6.45, 7) is 0.000462. The Bertz CT molecular complexity index is 1940. The normalized spacial score (nSPS) is 11.3. The molecule has 2 aromatic carbocycles. The number of carbonyl (C=O) groups excluding carboxylic acids is 1. The number of amides is 2. The van der Waals surface area contributed by atoms with E-state index in [2.05, 4.69) is 30.9 Å². The van der Waals surface area contributed by atoms with Crippen LogP contribution < -0.4 is 27.6 Å². The van der Waals surface area contributed by atoms with Crippen molar-refractivity contribution in [2.24, 2.45) is 0 Å². The summed E-state index contributed by atoms with van der Waals surface area (Å²) >= 11 is 0. The second-order valence-corrected chi connectivity index (χ2v) is 9.48. The number of H-pyrrole nitrogens is 1. The number of nitrogens with one attached hydrogen (secondary N) is 3. The fraction of sp³-hybridized carbons (Fsp3) is 0.185. The molecule has 14 nitrogen and oxygen atoms in total. The van der Waals surface area contributed by atoms with E-state index >= 15 is 0 Å². The molecular formula is C27H26FN9O5. The van der Waals surface area contributed by atoms with Crippen molar-refractivity contribution in [2.45, 2.75) is 13.1 Å². The standard InChI is InChI=1S/C27H26FN9O5/c1-34(2)15-20-23-24(32-37(20)18-10-8-17(9-11-18)29-26(40)33-42-3)35(14-16-6-4-5-7-19(16)28)27(41)36(25(23)39)21-12-13-22(38)31-30-21/h4-13H,14-15H2,1-3H3,(H,31,38)(H2,29,33,40). The molecule has 0 atom stereocenters. The van der Waals surface area contributed by atoms with Crippen LogP contribution in [0.25, 0.3) is 22.5 Å². The molecule has 0 radical (unpaired) electrons. The quantitative estimate of drug-likeness (QED) is 0.234. The van der Waals surface area contributed by atoms with Crippen LogP contribution in [0.3, 0.4) is 0 Å². The number of fused-ring (bicyclic) bond motifs is 1. The highest BCUT2D eigenvalue weighted by atomic mass is 19.1. The fourth-order valence-corrected chi connectivity index (χ4v) is 4.46. The molecule has 3 aromatic heterocycles. The average molecular weight is 576 g/mol. The molecule has 42 heavy (non-hydrogen) atoms. The van der Waals surface area contributed by atoms with E-state index in [4.69, 9.17) is 0 Å². The van der Waals surface area contributed by atoms with Crippen LogP contribution in [0.1, 0.15) is 11.3 Å². The van der Waals surface area contributed by atoms with Crippen LogP contribution in [0, 0.1) is 5.82 Å². The zero-order valence-corrected chi connectivity index (χ0v) is 22.8. The summed E-state index contributed by atoms with van der Waals surface area (Å²) in [6, 6.07) is 14.4. The van der Waals surface area contributed by atoms with Gasteiger partial charge < -0.3 is 10.2 Å². The minimum absolute atomic E-state index is 0.0347. The van der Waals surface area contributed by atoms with Crippen molar-refractivity contribution >= 4 is 22.8 Å². The highest BCUT2D eigenvalue weighted by Gasteiger charge is 2.25. The first-order chi connectivity index (χ1) is 20.2. The van der Waals surface area contributed by atoms with Crippen molar-refractivity contribution < 1.29 is 14.0 Å². The molecule has 0 saturated heterocycles. The largest absolute Gasteiger partial charge is 0.343 e. The van der Waals surface area contributed by atoms with Crippen LogP contribution in [0.4, 0.5) is 14.9 Å². The van der Waals surface area contributed by atoms with Crippen molar-refractivity contribution in [1.82, 2.24) is 39.5 Å². The summed E-state index contributed by atoms with van der Waals surface area (Å²) in [5.74, 6) is -0.645. The Balaban J connectivity index is 1.78. The van der Waals surface area contributed by atoms with Gasteiger partial charge in [-0.15, -0.1) is 5.10 Å². The molecule has 0 spiro atoms. The smallest absolute Gasteiger partial charge is 0.306 e. The monoisotopic (exact) mass is 575 g/mol. The maximum Gasteiger partial charge on any atom is 0.343 e. The zero-order valence-electron chi connectivity index (χ0n) is 22.8. The van der Waals surface area contributed by atoms with Gasteiger partial charge >= 0.3 is 11.7 Å². The lowest BCUT2D eigenvalue weighted by Gasteiger charge is -2.14. The van der Waals surface area contributed by atoms with E-state index in [9.17, 15) is 23.6 Å². The van der Waals surface area contributed by atoms with Crippen LogP contribution >= 0.6 is 0 Å². The maximum atomic E-state index is 14.7. The molecule has 0 fully saturated rings. The van der Waals surface area contributed by atoms with E-state index in [0.29, 0.717) is 17.1 Å². The van der Waals surface area contributed by atoms with Gasteiger partial charge in [-0.2, -0.15) is 5.10 Å². The van der Waals surface area contributed by atoms with Crippen LogP contribution in [-0.2, 0) is 17.9 Å². The molecule has 0 aliphatic rings. The molecule has 0 bridgehead atoms. The number of hydrogen-bond acceptors (Lipinski definition) is 8. The van der Waals surface area contributed by atoms with E-state index in [1.807, 2.05) is 19.0 Å². The number of halogens is 1. The molecule has 0 saturated carbocycles. The Morgan fingerprint density at radius 3 is 2.43 bits per heavy atom. The molecule has 0 unspecified atom stereocenters. The molecule has 216 valence electrons. The third-order valence-electron chi connectivity index (χ3n) is 6.27. The first kappa shape index (κ1) is 28.1. The van der Waals surface area contributed by atoms with Gasteiger partial charge in [0.1, 0.15) is 11.2 Å².